The van der Waals surface area contributed by atoms with Gasteiger partial charge in [-0.2, -0.15) is 0 Å². The Kier molecular flexibility index (Phi) is 8.34. The van der Waals surface area contributed by atoms with Crippen LogP contribution in [-0.4, -0.2) is 22.6 Å². The Morgan fingerprint density at radius 1 is 1.22 bits per heavy atom. The van der Waals surface area contributed by atoms with E-state index in [0.29, 0.717) is 18.8 Å². The zero-order valence-electron chi connectivity index (χ0n) is 16.3. The molecule has 7 heteroatoms. The Bertz CT molecular complexity index is 784. The van der Waals surface area contributed by atoms with Crippen molar-refractivity contribution in [1.29, 1.82) is 0 Å². The van der Waals surface area contributed by atoms with Gasteiger partial charge in [0.05, 0.1) is 18.8 Å². The number of aryl methyl sites for hydroxylation is 3. The SMILES string of the molecule is CCNC(=NCc1c(O)ccc2c1CCCC2)NCc1nc(C)c(C)s1.I. The molecule has 0 amide bonds. The molecular formula is C20H29IN4OS. The highest BCUT2D eigenvalue weighted by Crippen LogP contribution is 2.31. The first-order valence-electron chi connectivity index (χ1n) is 9.36. The van der Waals surface area contributed by atoms with Crippen molar-refractivity contribution in [3.05, 3.63) is 44.4 Å². The molecule has 0 saturated carbocycles. The summed E-state index contributed by atoms with van der Waals surface area (Å²) in [5.41, 5.74) is 4.72. The van der Waals surface area contributed by atoms with Crippen molar-refractivity contribution in [2.45, 2.75) is 59.5 Å². The van der Waals surface area contributed by atoms with E-state index in [1.807, 2.05) is 13.0 Å². The number of guanidine groups is 1. The van der Waals surface area contributed by atoms with Crippen LogP contribution in [0.5, 0.6) is 5.75 Å². The van der Waals surface area contributed by atoms with Crippen LogP contribution in [0.3, 0.4) is 0 Å². The Labute approximate surface area is 182 Å². The number of aromatic hydroxyl groups is 1. The highest BCUT2D eigenvalue weighted by molar-refractivity contribution is 14.0. The number of phenolic OH excluding ortho intramolecular Hbond substituents is 1. The first-order valence-corrected chi connectivity index (χ1v) is 10.2. The number of thiazole rings is 1. The van der Waals surface area contributed by atoms with Crippen molar-refractivity contribution in [2.75, 3.05) is 6.54 Å². The van der Waals surface area contributed by atoms with E-state index in [-0.39, 0.29) is 24.0 Å². The van der Waals surface area contributed by atoms with Gasteiger partial charge in [0, 0.05) is 17.0 Å². The second kappa shape index (κ2) is 10.3. The molecule has 0 spiro atoms. The highest BCUT2D eigenvalue weighted by Gasteiger charge is 2.16. The average Bonchev–Trinajstić information content (AvgIpc) is 2.96. The number of hydrogen-bond acceptors (Lipinski definition) is 4. The normalized spacial score (nSPS) is 13.7. The Morgan fingerprint density at radius 2 is 2.00 bits per heavy atom. The van der Waals surface area contributed by atoms with Crippen LogP contribution in [0.4, 0.5) is 0 Å². The molecule has 5 nitrogen and oxygen atoms in total. The van der Waals surface area contributed by atoms with Crippen LogP contribution in [0.2, 0.25) is 0 Å². The van der Waals surface area contributed by atoms with Gasteiger partial charge in [0.25, 0.3) is 0 Å². The topological polar surface area (TPSA) is 69.5 Å². The second-order valence-electron chi connectivity index (χ2n) is 6.71. The van der Waals surface area contributed by atoms with Crippen molar-refractivity contribution in [3.63, 3.8) is 0 Å². The van der Waals surface area contributed by atoms with Gasteiger partial charge in [-0.1, -0.05) is 6.07 Å². The molecule has 1 aliphatic rings. The molecule has 0 unspecified atom stereocenters. The van der Waals surface area contributed by atoms with Crippen LogP contribution in [0.25, 0.3) is 0 Å². The number of aromatic nitrogens is 1. The maximum atomic E-state index is 10.3. The molecule has 3 N–H and O–H groups in total. The van der Waals surface area contributed by atoms with E-state index >= 15 is 0 Å². The van der Waals surface area contributed by atoms with Crippen LogP contribution >= 0.6 is 35.3 Å². The van der Waals surface area contributed by atoms with Crippen molar-refractivity contribution >= 4 is 41.3 Å². The molecule has 1 aromatic heterocycles. The molecule has 27 heavy (non-hydrogen) atoms. The molecule has 0 saturated heterocycles. The summed E-state index contributed by atoms with van der Waals surface area (Å²) < 4.78 is 0. The summed E-state index contributed by atoms with van der Waals surface area (Å²) in [7, 11) is 0. The Morgan fingerprint density at radius 3 is 2.70 bits per heavy atom. The van der Waals surface area contributed by atoms with Gasteiger partial charge < -0.3 is 15.7 Å². The lowest BCUT2D eigenvalue weighted by atomic mass is 9.88. The van der Waals surface area contributed by atoms with Crippen molar-refractivity contribution in [3.8, 4) is 5.75 Å². The number of nitrogens with one attached hydrogen (secondary N) is 2. The lowest BCUT2D eigenvalue weighted by Crippen LogP contribution is -2.36. The number of benzene rings is 1. The Balaban J connectivity index is 0.00000261. The standard InChI is InChI=1S/C20H28N4OS.HI/c1-4-21-20(23-12-19-24-13(2)14(3)26-19)22-11-17-16-8-6-5-7-15(16)9-10-18(17)25;/h9-10,25H,4-8,11-12H2,1-3H3,(H2,21,22,23);1H. The maximum absolute atomic E-state index is 10.3. The molecule has 0 fully saturated rings. The molecule has 1 aliphatic carbocycles. The lowest BCUT2D eigenvalue weighted by Gasteiger charge is -2.20. The smallest absolute Gasteiger partial charge is 0.191 e. The number of phenols is 1. The summed E-state index contributed by atoms with van der Waals surface area (Å²) >= 11 is 1.71. The van der Waals surface area contributed by atoms with Gasteiger partial charge >= 0.3 is 0 Å². The monoisotopic (exact) mass is 500 g/mol. The van der Waals surface area contributed by atoms with Crippen LogP contribution in [0, 0.1) is 13.8 Å². The number of rotatable bonds is 5. The number of aliphatic imine (C=N–C) groups is 1. The average molecular weight is 500 g/mol. The van der Waals surface area contributed by atoms with Gasteiger partial charge in [0.15, 0.2) is 5.96 Å². The third-order valence-electron chi connectivity index (χ3n) is 4.85. The minimum absolute atomic E-state index is 0. The van der Waals surface area contributed by atoms with Gasteiger partial charge in [-0.15, -0.1) is 35.3 Å². The fraction of sp³-hybridized carbons (Fsp3) is 0.500. The number of hydrogen-bond donors (Lipinski definition) is 3. The van der Waals surface area contributed by atoms with Crippen LogP contribution in [0.15, 0.2) is 17.1 Å². The molecule has 3 rings (SSSR count). The number of halogens is 1. The third kappa shape index (κ3) is 5.57. The molecule has 0 atom stereocenters. The molecule has 0 bridgehead atoms. The molecule has 0 radical (unpaired) electrons. The molecule has 2 aromatic rings. The van der Waals surface area contributed by atoms with Crippen LogP contribution in [0.1, 0.15) is 52.0 Å². The van der Waals surface area contributed by atoms with E-state index in [1.165, 1.54) is 28.8 Å². The summed E-state index contributed by atoms with van der Waals surface area (Å²) in [6.45, 7) is 8.12. The fourth-order valence-electron chi connectivity index (χ4n) is 3.34. The van der Waals surface area contributed by atoms with Gasteiger partial charge in [-0.3, -0.25) is 0 Å². The first-order chi connectivity index (χ1) is 12.6. The largest absolute Gasteiger partial charge is 0.508 e. The van der Waals surface area contributed by atoms with E-state index < -0.39 is 0 Å². The molecule has 148 valence electrons. The quantitative estimate of drug-likeness (QED) is 0.327. The zero-order valence-corrected chi connectivity index (χ0v) is 19.4. The molecule has 1 aromatic carbocycles. The van der Waals surface area contributed by atoms with Crippen LogP contribution in [-0.2, 0) is 25.9 Å². The van der Waals surface area contributed by atoms with Crippen molar-refractivity contribution in [2.24, 2.45) is 4.99 Å². The van der Waals surface area contributed by atoms with Crippen LogP contribution < -0.4 is 10.6 Å². The van der Waals surface area contributed by atoms with E-state index in [4.69, 9.17) is 4.99 Å². The van der Waals surface area contributed by atoms with E-state index in [1.54, 1.807) is 11.3 Å². The fourth-order valence-corrected chi connectivity index (χ4v) is 4.22. The van der Waals surface area contributed by atoms with Gasteiger partial charge in [0.1, 0.15) is 10.8 Å². The van der Waals surface area contributed by atoms with Gasteiger partial charge in [-0.05, 0) is 63.6 Å². The summed E-state index contributed by atoms with van der Waals surface area (Å²) in [6.07, 6.45) is 4.56. The molecular weight excluding hydrogens is 471 g/mol. The number of fused-ring (bicyclic) bond motifs is 1. The van der Waals surface area contributed by atoms with Crippen molar-refractivity contribution in [1.82, 2.24) is 15.6 Å². The predicted molar refractivity (Wildman–Crippen MR) is 123 cm³/mol. The predicted octanol–water partition coefficient (Wildman–Crippen LogP) is 4.22. The number of nitrogens with zero attached hydrogens (tertiary/aromatic N) is 2. The van der Waals surface area contributed by atoms with Gasteiger partial charge in [0.2, 0.25) is 0 Å². The summed E-state index contributed by atoms with van der Waals surface area (Å²) in [6, 6.07) is 3.88. The van der Waals surface area contributed by atoms with Gasteiger partial charge in [-0.25, -0.2) is 9.98 Å². The lowest BCUT2D eigenvalue weighted by molar-refractivity contribution is 0.465. The van der Waals surface area contributed by atoms with E-state index in [2.05, 4.69) is 35.5 Å². The Hall–Kier alpha value is -1.35. The first kappa shape index (κ1) is 21.9. The highest BCUT2D eigenvalue weighted by atomic mass is 127. The molecule has 0 aliphatic heterocycles. The zero-order chi connectivity index (χ0) is 18.5. The van der Waals surface area contributed by atoms with Crippen molar-refractivity contribution < 1.29 is 5.11 Å². The molecule has 1 heterocycles. The van der Waals surface area contributed by atoms with E-state index in [0.717, 1.165) is 41.6 Å². The minimum Gasteiger partial charge on any atom is -0.508 e. The summed E-state index contributed by atoms with van der Waals surface area (Å²) in [5, 5.41) is 18.0. The summed E-state index contributed by atoms with van der Waals surface area (Å²) in [5.74, 6) is 1.11. The summed E-state index contributed by atoms with van der Waals surface area (Å²) in [4.78, 5) is 10.5. The maximum Gasteiger partial charge on any atom is 0.191 e. The second-order valence-corrected chi connectivity index (χ2v) is 7.99. The third-order valence-corrected chi connectivity index (χ3v) is 5.92. The minimum atomic E-state index is 0. The van der Waals surface area contributed by atoms with E-state index in [9.17, 15) is 5.11 Å².